The van der Waals surface area contributed by atoms with E-state index >= 15 is 0 Å². The molecule has 2 N–H and O–H groups in total. The summed E-state index contributed by atoms with van der Waals surface area (Å²) in [6.45, 7) is 8.15. The third kappa shape index (κ3) is 11.8. The Kier molecular flexibility index (Phi) is 15.0. The first kappa shape index (κ1) is 28.3. The van der Waals surface area contributed by atoms with Gasteiger partial charge in [0.25, 0.3) is 0 Å². The summed E-state index contributed by atoms with van der Waals surface area (Å²) in [5, 5.41) is 6.71. The fraction of sp³-hybridized carbons (Fsp3) is 0.720. The minimum Gasteiger partial charge on any atom is -0.379 e. The Morgan fingerprint density at radius 1 is 1.06 bits per heavy atom. The molecule has 33 heavy (non-hydrogen) atoms. The van der Waals surface area contributed by atoms with Crippen LogP contribution in [0.3, 0.4) is 0 Å². The van der Waals surface area contributed by atoms with Crippen molar-refractivity contribution in [1.82, 2.24) is 15.5 Å². The molecule has 1 aromatic rings. The van der Waals surface area contributed by atoms with Crippen LogP contribution < -0.4 is 10.6 Å². The fourth-order valence-electron chi connectivity index (χ4n) is 4.20. The van der Waals surface area contributed by atoms with E-state index in [1.54, 1.807) is 0 Å². The van der Waals surface area contributed by atoms with Gasteiger partial charge >= 0.3 is 0 Å². The number of nitrogens with one attached hydrogen (secondary N) is 2. The van der Waals surface area contributed by atoms with Gasteiger partial charge in [-0.15, -0.1) is 24.0 Å². The summed E-state index contributed by atoms with van der Waals surface area (Å²) in [6.07, 6.45) is 7.18. The van der Waals surface area contributed by atoms with Crippen molar-refractivity contribution in [3.63, 3.8) is 0 Å². The molecule has 0 radical (unpaired) electrons. The summed E-state index contributed by atoms with van der Waals surface area (Å²) in [4.78, 5) is 6.81. The van der Waals surface area contributed by atoms with Crippen LogP contribution in [-0.4, -0.2) is 82.7 Å². The number of guanidine groups is 1. The second-order valence-corrected chi connectivity index (χ2v) is 8.67. The number of hydrogen-bond acceptors (Lipinski definition) is 5. The number of hydrogen-bond donors (Lipinski definition) is 2. The molecule has 2 saturated heterocycles. The Morgan fingerprint density at radius 3 is 2.45 bits per heavy atom. The molecule has 7 nitrogen and oxygen atoms in total. The molecular formula is C25H43IN4O3. The van der Waals surface area contributed by atoms with Crippen molar-refractivity contribution >= 4 is 29.9 Å². The maximum atomic E-state index is 6.11. The second-order valence-electron chi connectivity index (χ2n) is 8.67. The molecule has 2 heterocycles. The predicted octanol–water partition coefficient (Wildman–Crippen LogP) is 3.43. The van der Waals surface area contributed by atoms with Crippen molar-refractivity contribution < 1.29 is 14.2 Å². The lowest BCUT2D eigenvalue weighted by molar-refractivity contribution is 0.00534. The van der Waals surface area contributed by atoms with E-state index in [1.165, 1.54) is 5.56 Å². The van der Waals surface area contributed by atoms with Crippen LogP contribution in [0.2, 0.25) is 0 Å². The van der Waals surface area contributed by atoms with E-state index in [4.69, 9.17) is 14.2 Å². The molecule has 2 fully saturated rings. The van der Waals surface area contributed by atoms with Gasteiger partial charge in [0.2, 0.25) is 0 Å². The Bertz CT molecular complexity index is 636. The van der Waals surface area contributed by atoms with Crippen LogP contribution in [0.1, 0.15) is 44.1 Å². The van der Waals surface area contributed by atoms with Crippen LogP contribution in [0, 0.1) is 0 Å². The average molecular weight is 575 g/mol. The van der Waals surface area contributed by atoms with Gasteiger partial charge in [-0.2, -0.15) is 0 Å². The predicted molar refractivity (Wildman–Crippen MR) is 144 cm³/mol. The second kappa shape index (κ2) is 17.5. The zero-order chi connectivity index (χ0) is 22.3. The van der Waals surface area contributed by atoms with Gasteiger partial charge in [-0.25, -0.2) is 0 Å². The van der Waals surface area contributed by atoms with Gasteiger partial charge in [0.1, 0.15) is 0 Å². The molecule has 2 aliphatic heterocycles. The molecule has 0 amide bonds. The van der Waals surface area contributed by atoms with Crippen LogP contribution in [0.15, 0.2) is 35.3 Å². The number of rotatable bonds is 13. The molecule has 0 bridgehead atoms. The van der Waals surface area contributed by atoms with Gasteiger partial charge in [-0.05, 0) is 44.1 Å². The molecule has 3 rings (SSSR count). The molecule has 1 atom stereocenters. The van der Waals surface area contributed by atoms with Crippen LogP contribution >= 0.6 is 24.0 Å². The largest absolute Gasteiger partial charge is 0.379 e. The number of piperidine rings is 1. The molecule has 1 unspecified atom stereocenters. The number of halogens is 1. The van der Waals surface area contributed by atoms with E-state index in [0.29, 0.717) is 12.2 Å². The standard InChI is InChI=1S/C25H42N4O3.HI/c1-26-25(27-13-6-17-30-21-24-10-5-18-32-24)28-14-7-19-31-23-11-15-29(16-12-23)20-22-8-3-2-4-9-22;/h2-4,8-9,23-24H,5-7,10-21H2,1H3,(H2,26,27,28);1H. The van der Waals surface area contributed by atoms with Gasteiger partial charge in [-0.3, -0.25) is 9.89 Å². The van der Waals surface area contributed by atoms with E-state index in [-0.39, 0.29) is 24.0 Å². The summed E-state index contributed by atoms with van der Waals surface area (Å²) >= 11 is 0. The molecule has 0 saturated carbocycles. The Balaban J connectivity index is 0.00000385. The number of nitrogens with zero attached hydrogens (tertiary/aromatic N) is 2. The van der Waals surface area contributed by atoms with Gasteiger partial charge in [0.05, 0.1) is 18.8 Å². The van der Waals surface area contributed by atoms with Crippen molar-refractivity contribution in [1.29, 1.82) is 0 Å². The lowest BCUT2D eigenvalue weighted by Gasteiger charge is -2.32. The highest BCUT2D eigenvalue weighted by atomic mass is 127. The molecule has 0 aromatic heterocycles. The van der Waals surface area contributed by atoms with E-state index in [9.17, 15) is 0 Å². The maximum absolute atomic E-state index is 6.11. The lowest BCUT2D eigenvalue weighted by Crippen LogP contribution is -2.39. The molecule has 188 valence electrons. The normalized spacial score (nSPS) is 19.9. The fourth-order valence-corrected chi connectivity index (χ4v) is 4.20. The van der Waals surface area contributed by atoms with Crippen molar-refractivity contribution in [2.75, 3.05) is 59.7 Å². The summed E-state index contributed by atoms with van der Waals surface area (Å²) in [5.41, 5.74) is 1.39. The zero-order valence-corrected chi connectivity index (χ0v) is 22.5. The molecule has 1 aromatic carbocycles. The first-order chi connectivity index (χ1) is 15.8. The number of aliphatic imine (C=N–C) groups is 1. The quantitative estimate of drug-likeness (QED) is 0.163. The average Bonchev–Trinajstić information content (AvgIpc) is 3.35. The minimum atomic E-state index is 0. The third-order valence-electron chi connectivity index (χ3n) is 6.06. The molecule has 0 spiro atoms. The van der Waals surface area contributed by atoms with Crippen LogP contribution in [0.25, 0.3) is 0 Å². The van der Waals surface area contributed by atoms with Crippen LogP contribution in [0.4, 0.5) is 0 Å². The number of benzene rings is 1. The summed E-state index contributed by atoms with van der Waals surface area (Å²) in [7, 11) is 1.81. The first-order valence-electron chi connectivity index (χ1n) is 12.3. The van der Waals surface area contributed by atoms with Crippen LogP contribution in [-0.2, 0) is 20.8 Å². The monoisotopic (exact) mass is 574 g/mol. The lowest BCUT2D eigenvalue weighted by atomic mass is 10.1. The molecular weight excluding hydrogens is 531 g/mol. The minimum absolute atomic E-state index is 0. The van der Waals surface area contributed by atoms with Crippen molar-refractivity contribution in [3.05, 3.63) is 35.9 Å². The van der Waals surface area contributed by atoms with E-state index in [2.05, 4.69) is 50.9 Å². The first-order valence-corrected chi connectivity index (χ1v) is 12.3. The van der Waals surface area contributed by atoms with E-state index < -0.39 is 0 Å². The zero-order valence-electron chi connectivity index (χ0n) is 20.2. The van der Waals surface area contributed by atoms with Crippen LogP contribution in [0.5, 0.6) is 0 Å². The smallest absolute Gasteiger partial charge is 0.190 e. The Hall–Kier alpha value is -0.940. The summed E-state index contributed by atoms with van der Waals surface area (Å²) in [6, 6.07) is 10.7. The van der Waals surface area contributed by atoms with Gasteiger partial charge in [0, 0.05) is 59.6 Å². The Morgan fingerprint density at radius 2 is 1.79 bits per heavy atom. The number of likely N-dealkylation sites (tertiary alicyclic amines) is 1. The van der Waals surface area contributed by atoms with Gasteiger partial charge < -0.3 is 24.8 Å². The summed E-state index contributed by atoms with van der Waals surface area (Å²) < 4.78 is 17.4. The number of ether oxygens (including phenoxy) is 3. The highest BCUT2D eigenvalue weighted by Crippen LogP contribution is 2.16. The molecule has 2 aliphatic rings. The maximum Gasteiger partial charge on any atom is 0.190 e. The highest BCUT2D eigenvalue weighted by molar-refractivity contribution is 14.0. The van der Waals surface area contributed by atoms with Crippen molar-refractivity contribution in [3.8, 4) is 0 Å². The van der Waals surface area contributed by atoms with Crippen molar-refractivity contribution in [2.24, 2.45) is 4.99 Å². The van der Waals surface area contributed by atoms with Gasteiger partial charge in [0.15, 0.2) is 5.96 Å². The SMILES string of the molecule is CN=C(NCCCOCC1CCCO1)NCCCOC1CCN(Cc2ccccc2)CC1.I. The van der Waals surface area contributed by atoms with E-state index in [1.807, 2.05) is 7.05 Å². The third-order valence-corrected chi connectivity index (χ3v) is 6.06. The van der Waals surface area contributed by atoms with Gasteiger partial charge in [-0.1, -0.05) is 30.3 Å². The topological polar surface area (TPSA) is 67.4 Å². The molecule has 0 aliphatic carbocycles. The van der Waals surface area contributed by atoms with E-state index in [0.717, 1.165) is 104 Å². The summed E-state index contributed by atoms with van der Waals surface area (Å²) in [5.74, 6) is 0.846. The van der Waals surface area contributed by atoms with Crippen molar-refractivity contribution in [2.45, 2.75) is 57.3 Å². The molecule has 8 heteroatoms. The highest BCUT2D eigenvalue weighted by Gasteiger charge is 2.19. The Labute approximate surface area is 217 Å².